The van der Waals surface area contributed by atoms with Gasteiger partial charge in [0, 0.05) is 30.6 Å². The lowest BCUT2D eigenvalue weighted by Gasteiger charge is -2.33. The molecule has 1 saturated heterocycles. The Morgan fingerprint density at radius 2 is 2.00 bits per heavy atom. The number of thiophene rings is 1. The zero-order valence-corrected chi connectivity index (χ0v) is 19.9. The van der Waals surface area contributed by atoms with Crippen LogP contribution >= 0.6 is 22.7 Å². The standard InChI is InChI=1S/C23H21F3N6S2/c1-13-14(2-3-18-20(13)34-19(10-27)31-18)11-32-6-4-15(5-7-32)30-21-17-8-16(9-23(24,25)26)33-22(17)29-12-28-21/h2-3,8,12,15H,4-7,9,11H2,1H3,(H,28,29,30). The predicted octanol–water partition coefficient (Wildman–Crippen LogP) is 5.66. The van der Waals surface area contributed by atoms with Gasteiger partial charge in [0.1, 0.15) is 23.0 Å². The number of hydrogen-bond donors (Lipinski definition) is 1. The molecule has 11 heteroatoms. The first kappa shape index (κ1) is 23.0. The molecule has 4 aromatic rings. The Labute approximate surface area is 202 Å². The number of alkyl halides is 3. The Bertz CT molecular complexity index is 1380. The second-order valence-corrected chi connectivity index (χ2v) is 10.6. The number of benzene rings is 1. The van der Waals surface area contributed by atoms with Crippen LogP contribution in [-0.4, -0.2) is 45.2 Å². The van der Waals surface area contributed by atoms with Crippen LogP contribution in [0.15, 0.2) is 24.5 Å². The molecule has 6 nitrogen and oxygen atoms in total. The highest BCUT2D eigenvalue weighted by molar-refractivity contribution is 7.19. The summed E-state index contributed by atoms with van der Waals surface area (Å²) in [5, 5.41) is 13.7. The maximum atomic E-state index is 12.8. The third-order valence-corrected chi connectivity index (χ3v) is 8.23. The predicted molar refractivity (Wildman–Crippen MR) is 128 cm³/mol. The molecule has 1 aliphatic heterocycles. The van der Waals surface area contributed by atoms with Crippen LogP contribution in [0, 0.1) is 18.3 Å². The smallest absolute Gasteiger partial charge is 0.367 e. The van der Waals surface area contributed by atoms with Crippen molar-refractivity contribution in [1.82, 2.24) is 19.9 Å². The fourth-order valence-electron chi connectivity index (χ4n) is 4.36. The fourth-order valence-corrected chi connectivity index (χ4v) is 6.27. The lowest BCUT2D eigenvalue weighted by molar-refractivity contribution is -0.126. The summed E-state index contributed by atoms with van der Waals surface area (Å²) in [5.74, 6) is 0.605. The van der Waals surface area contributed by atoms with Crippen molar-refractivity contribution >= 4 is 48.9 Å². The van der Waals surface area contributed by atoms with Crippen LogP contribution in [-0.2, 0) is 13.0 Å². The van der Waals surface area contributed by atoms with Gasteiger partial charge in [0.2, 0.25) is 0 Å². The Morgan fingerprint density at radius 1 is 1.21 bits per heavy atom. The Morgan fingerprint density at radius 3 is 2.74 bits per heavy atom. The first-order chi connectivity index (χ1) is 16.3. The first-order valence-corrected chi connectivity index (χ1v) is 12.5. The van der Waals surface area contributed by atoms with Gasteiger partial charge in [0.25, 0.3) is 0 Å². The van der Waals surface area contributed by atoms with Crippen LogP contribution in [0.25, 0.3) is 20.4 Å². The molecule has 4 heterocycles. The summed E-state index contributed by atoms with van der Waals surface area (Å²) in [6.07, 6.45) is -1.97. The summed E-state index contributed by atoms with van der Waals surface area (Å²) >= 11 is 2.50. The lowest BCUT2D eigenvalue weighted by atomic mass is 10.0. The second kappa shape index (κ2) is 9.09. The molecule has 0 aliphatic carbocycles. The SMILES string of the molecule is Cc1c(CN2CCC(Nc3ncnc4sc(CC(F)(F)F)cc34)CC2)ccc2nc(C#N)sc12. The van der Waals surface area contributed by atoms with E-state index in [0.29, 0.717) is 21.0 Å². The van der Waals surface area contributed by atoms with Crippen molar-refractivity contribution in [3.63, 3.8) is 0 Å². The number of piperidine rings is 1. The van der Waals surface area contributed by atoms with E-state index >= 15 is 0 Å². The van der Waals surface area contributed by atoms with Gasteiger partial charge in [-0.05, 0) is 43.0 Å². The number of rotatable bonds is 5. The molecule has 176 valence electrons. The molecule has 5 rings (SSSR count). The number of hydrogen-bond acceptors (Lipinski definition) is 8. The van der Waals surface area contributed by atoms with E-state index < -0.39 is 12.6 Å². The molecule has 0 spiro atoms. The van der Waals surface area contributed by atoms with Crippen molar-refractivity contribution in [2.45, 2.75) is 44.9 Å². The summed E-state index contributed by atoms with van der Waals surface area (Å²) in [6.45, 7) is 4.72. The maximum Gasteiger partial charge on any atom is 0.393 e. The highest BCUT2D eigenvalue weighted by atomic mass is 32.1. The van der Waals surface area contributed by atoms with Gasteiger partial charge < -0.3 is 5.32 Å². The Hall–Kier alpha value is -2.81. The van der Waals surface area contributed by atoms with Crippen LogP contribution in [0.3, 0.4) is 0 Å². The van der Waals surface area contributed by atoms with E-state index in [-0.39, 0.29) is 10.9 Å². The third-order valence-electron chi connectivity index (χ3n) is 6.09. The normalized spacial score (nSPS) is 15.7. The van der Waals surface area contributed by atoms with E-state index in [0.717, 1.165) is 54.0 Å². The number of nitriles is 1. The van der Waals surface area contributed by atoms with E-state index in [1.165, 1.54) is 28.8 Å². The van der Waals surface area contributed by atoms with Crippen LogP contribution in [0.5, 0.6) is 0 Å². The molecule has 34 heavy (non-hydrogen) atoms. The molecular formula is C23H21F3N6S2. The third kappa shape index (κ3) is 4.85. The Balaban J connectivity index is 1.23. The quantitative estimate of drug-likeness (QED) is 0.379. The monoisotopic (exact) mass is 502 g/mol. The van der Waals surface area contributed by atoms with Crippen LogP contribution in [0.2, 0.25) is 0 Å². The van der Waals surface area contributed by atoms with E-state index in [9.17, 15) is 13.2 Å². The van der Waals surface area contributed by atoms with Gasteiger partial charge >= 0.3 is 6.18 Å². The second-order valence-electron chi connectivity index (χ2n) is 8.47. The van der Waals surface area contributed by atoms with Crippen molar-refractivity contribution in [1.29, 1.82) is 5.26 Å². The van der Waals surface area contributed by atoms with Crippen molar-refractivity contribution in [3.8, 4) is 6.07 Å². The molecule has 1 fully saturated rings. The number of aromatic nitrogens is 3. The van der Waals surface area contributed by atoms with E-state index in [1.54, 1.807) is 6.07 Å². The minimum atomic E-state index is -4.24. The highest BCUT2D eigenvalue weighted by Crippen LogP contribution is 2.33. The molecular weight excluding hydrogens is 481 g/mol. The molecule has 0 saturated carbocycles. The number of aryl methyl sites for hydroxylation is 1. The maximum absolute atomic E-state index is 12.8. The number of anilines is 1. The summed E-state index contributed by atoms with van der Waals surface area (Å²) in [6, 6.07) is 7.95. The molecule has 0 unspecified atom stereocenters. The fraction of sp³-hybridized carbons (Fsp3) is 0.391. The number of halogens is 3. The van der Waals surface area contributed by atoms with Gasteiger partial charge in [0.05, 0.1) is 22.0 Å². The summed E-state index contributed by atoms with van der Waals surface area (Å²) in [7, 11) is 0. The molecule has 3 aromatic heterocycles. The molecule has 0 bridgehead atoms. The summed E-state index contributed by atoms with van der Waals surface area (Å²) in [4.78, 5) is 16.0. The summed E-state index contributed by atoms with van der Waals surface area (Å²) in [5.41, 5.74) is 3.28. The van der Waals surface area contributed by atoms with Crippen LogP contribution in [0.1, 0.15) is 33.9 Å². The van der Waals surface area contributed by atoms with Gasteiger partial charge in [-0.1, -0.05) is 6.07 Å². The minimum absolute atomic E-state index is 0.198. The average molecular weight is 503 g/mol. The van der Waals surface area contributed by atoms with Crippen molar-refractivity contribution in [3.05, 3.63) is 45.5 Å². The average Bonchev–Trinajstić information content (AvgIpc) is 3.40. The zero-order chi connectivity index (χ0) is 23.9. The van der Waals surface area contributed by atoms with Gasteiger partial charge in [-0.3, -0.25) is 4.90 Å². The van der Waals surface area contributed by atoms with Crippen molar-refractivity contribution in [2.75, 3.05) is 18.4 Å². The van der Waals surface area contributed by atoms with Crippen molar-refractivity contribution in [2.24, 2.45) is 0 Å². The van der Waals surface area contributed by atoms with E-state index in [2.05, 4.69) is 44.2 Å². The lowest BCUT2D eigenvalue weighted by Crippen LogP contribution is -2.38. The van der Waals surface area contributed by atoms with Crippen LogP contribution < -0.4 is 5.32 Å². The van der Waals surface area contributed by atoms with Crippen molar-refractivity contribution < 1.29 is 13.2 Å². The molecule has 0 radical (unpaired) electrons. The van der Waals surface area contributed by atoms with Crippen LogP contribution in [0.4, 0.5) is 19.0 Å². The van der Waals surface area contributed by atoms with E-state index in [1.807, 2.05) is 6.07 Å². The topological polar surface area (TPSA) is 77.7 Å². The number of nitrogens with one attached hydrogen (secondary N) is 1. The zero-order valence-electron chi connectivity index (χ0n) is 18.3. The molecule has 0 atom stereocenters. The van der Waals surface area contributed by atoms with Gasteiger partial charge in [0.15, 0.2) is 5.01 Å². The van der Waals surface area contributed by atoms with Gasteiger partial charge in [-0.15, -0.1) is 22.7 Å². The molecule has 1 aliphatic rings. The molecule has 0 amide bonds. The van der Waals surface area contributed by atoms with E-state index in [4.69, 9.17) is 5.26 Å². The first-order valence-electron chi connectivity index (χ1n) is 10.9. The molecule has 1 N–H and O–H groups in total. The van der Waals surface area contributed by atoms with Gasteiger partial charge in [-0.2, -0.15) is 18.4 Å². The summed E-state index contributed by atoms with van der Waals surface area (Å²) < 4.78 is 39.4. The number of fused-ring (bicyclic) bond motifs is 2. The minimum Gasteiger partial charge on any atom is -0.367 e. The number of nitrogens with zero attached hydrogens (tertiary/aromatic N) is 5. The molecule has 1 aromatic carbocycles. The number of thiazole rings is 1. The number of likely N-dealkylation sites (tertiary alicyclic amines) is 1. The Kier molecular flexibility index (Phi) is 6.14. The van der Waals surface area contributed by atoms with Gasteiger partial charge in [-0.25, -0.2) is 15.0 Å². The largest absolute Gasteiger partial charge is 0.393 e. The highest BCUT2D eigenvalue weighted by Gasteiger charge is 2.29.